The van der Waals surface area contributed by atoms with Crippen molar-refractivity contribution in [3.05, 3.63) is 194 Å². The van der Waals surface area contributed by atoms with Crippen molar-refractivity contribution < 1.29 is 97.2 Å². The fraction of sp³-hybridized carbons (Fsp3) is 0.0465. The van der Waals surface area contributed by atoms with E-state index >= 15 is 35.1 Å². The molecule has 0 aliphatic rings. The molecule has 1 heterocycles. The third-order valence-corrected chi connectivity index (χ3v) is 10.4. The smallest absolute Gasteiger partial charge is 0.227 e. The molecule has 3 nitrogen and oxygen atoms in total. The Kier molecular flexibility index (Phi) is 13.5. The molecule has 0 N–H and O–H groups in total. The minimum absolute atomic E-state index is 0.0427. The number of aromatic nitrogens is 1. The third-order valence-electron chi connectivity index (χ3n) is 10.4. The second-order valence-electron chi connectivity index (χ2n) is 13.9. The highest BCUT2D eigenvalue weighted by Crippen LogP contribution is 2.31. The summed E-state index contributed by atoms with van der Waals surface area (Å²) in [5.41, 5.74) is -11.8. The zero-order chi connectivity index (χ0) is 49.7. The average Bonchev–Trinajstić information content (AvgIpc) is 3.32. The Bertz CT molecular complexity index is 2850. The monoisotopic (exact) mass is 966 g/mol. The van der Waals surface area contributed by atoms with Gasteiger partial charge in [-0.3, -0.25) is 4.79 Å². The summed E-state index contributed by atoms with van der Waals surface area (Å²) in [5.74, 6) is -71.4. The molecule has 7 aromatic rings. The van der Waals surface area contributed by atoms with E-state index in [1.165, 1.54) is 0 Å². The summed E-state index contributed by atoms with van der Waals surface area (Å²) in [5, 5.41) is 10.1. The molecule has 1 aromatic heterocycles. The summed E-state index contributed by atoms with van der Waals surface area (Å²) in [6.45, 7) is 0.238. The van der Waals surface area contributed by atoms with E-state index in [9.17, 15) is 57.5 Å². The molecule has 6 aromatic carbocycles. The topological polar surface area (TPSA) is 44.7 Å². The van der Waals surface area contributed by atoms with Crippen LogP contribution in [0.25, 0.3) is 10.9 Å². The zero-order valence-electron chi connectivity index (χ0n) is 32.2. The van der Waals surface area contributed by atoms with Crippen LogP contribution in [0.4, 0.5) is 87.8 Å². The lowest BCUT2D eigenvalue weighted by atomic mass is 9.12. The Morgan fingerprint density at radius 1 is 0.403 bits per heavy atom. The number of para-hydroxylation sites is 1. The number of benzene rings is 6. The minimum atomic E-state index is -7.22. The van der Waals surface area contributed by atoms with Crippen LogP contribution < -0.4 is 26.4 Å². The molecule has 0 radical (unpaired) electrons. The lowest BCUT2D eigenvalue weighted by Crippen LogP contribution is -2.81. The molecule has 0 saturated heterocycles. The van der Waals surface area contributed by atoms with Gasteiger partial charge in [-0.1, -0.05) is 42.5 Å². The van der Waals surface area contributed by atoms with Crippen molar-refractivity contribution in [3.8, 4) is 6.07 Å². The Morgan fingerprint density at radius 2 is 0.701 bits per heavy atom. The van der Waals surface area contributed by atoms with Gasteiger partial charge in [-0.25, -0.2) is 87.8 Å². The van der Waals surface area contributed by atoms with Crippen LogP contribution in [0.2, 0.25) is 0 Å². The third kappa shape index (κ3) is 7.74. The Hall–Kier alpha value is -7.45. The second-order valence-corrected chi connectivity index (χ2v) is 13.9. The van der Waals surface area contributed by atoms with Gasteiger partial charge in [0.15, 0.2) is 75.5 Å². The van der Waals surface area contributed by atoms with Crippen LogP contribution in [0.15, 0.2) is 66.7 Å². The van der Waals surface area contributed by atoms with Crippen molar-refractivity contribution >= 4 is 44.7 Å². The summed E-state index contributed by atoms with van der Waals surface area (Å²) < 4.78 is 296. The van der Waals surface area contributed by atoms with E-state index < -0.39 is 144 Å². The van der Waals surface area contributed by atoms with E-state index in [0.29, 0.717) is 5.56 Å². The van der Waals surface area contributed by atoms with E-state index in [4.69, 9.17) is 5.26 Å². The van der Waals surface area contributed by atoms with E-state index in [-0.39, 0.29) is 18.7 Å². The molecule has 0 bridgehead atoms. The highest BCUT2D eigenvalue weighted by molar-refractivity contribution is 7.20. The fourth-order valence-electron chi connectivity index (χ4n) is 7.46. The number of pyridine rings is 1. The number of rotatable bonds is 8. The lowest BCUT2D eigenvalue weighted by molar-refractivity contribution is -0.664. The second kappa shape index (κ2) is 18.4. The molecule has 24 heteroatoms. The predicted octanol–water partition coefficient (Wildman–Crippen LogP) is 8.92. The molecule has 0 atom stereocenters. The number of nitriles is 1. The van der Waals surface area contributed by atoms with Crippen LogP contribution in [-0.2, 0) is 13.0 Å². The van der Waals surface area contributed by atoms with Crippen LogP contribution in [0.1, 0.15) is 16.1 Å². The largest absolute Gasteiger partial charge is 0.287 e. The molecule has 0 spiro atoms. The van der Waals surface area contributed by atoms with Gasteiger partial charge in [0, 0.05) is 23.1 Å². The quantitative estimate of drug-likeness (QED) is 0.0382. The first-order valence-corrected chi connectivity index (χ1v) is 18.1. The molecule has 0 amide bonds. The molecule has 346 valence electrons. The maximum atomic E-state index is 15.4. The van der Waals surface area contributed by atoms with Gasteiger partial charge in [0.2, 0.25) is 17.8 Å². The maximum Gasteiger partial charge on any atom is 0.227 e. The highest BCUT2D eigenvalue weighted by Gasteiger charge is 2.52. The average molecular weight is 966 g/mol. The first-order valence-electron chi connectivity index (χ1n) is 18.1. The van der Waals surface area contributed by atoms with E-state index in [0.717, 1.165) is 16.6 Å². The van der Waals surface area contributed by atoms with Crippen LogP contribution in [0, 0.1) is 128 Å². The number of hydrogen-bond donors (Lipinski definition) is 0. The summed E-state index contributed by atoms with van der Waals surface area (Å²) in [6.07, 6.45) is -6.93. The zero-order valence-corrected chi connectivity index (χ0v) is 32.2. The molecule has 0 saturated carbocycles. The van der Waals surface area contributed by atoms with Crippen molar-refractivity contribution in [1.82, 2.24) is 0 Å². The van der Waals surface area contributed by atoms with E-state index in [1.807, 2.05) is 71.3 Å². The molecule has 0 aliphatic carbocycles. The van der Waals surface area contributed by atoms with Crippen molar-refractivity contribution in [2.75, 3.05) is 0 Å². The first kappa shape index (κ1) is 49.0. The summed E-state index contributed by atoms with van der Waals surface area (Å²) in [7, 11) is 0. The molecule has 7 rings (SSSR count). The van der Waals surface area contributed by atoms with E-state index in [1.54, 1.807) is 0 Å². The lowest BCUT2D eigenvalue weighted by Gasteiger charge is -2.44. The van der Waals surface area contributed by atoms with Gasteiger partial charge in [0.1, 0.15) is 59.1 Å². The number of carbonyl (C=O) groups is 1. The van der Waals surface area contributed by atoms with E-state index in [2.05, 4.69) is 6.07 Å². The molecule has 67 heavy (non-hydrogen) atoms. The highest BCUT2D eigenvalue weighted by atomic mass is 19.2. The van der Waals surface area contributed by atoms with Crippen LogP contribution in [0.3, 0.4) is 0 Å². The van der Waals surface area contributed by atoms with Gasteiger partial charge in [-0.2, -0.15) is 9.83 Å². The van der Waals surface area contributed by atoms with Gasteiger partial charge in [0.05, 0.1) is 6.07 Å². The van der Waals surface area contributed by atoms with Crippen LogP contribution in [-0.4, -0.2) is 11.9 Å². The fourth-order valence-corrected chi connectivity index (χ4v) is 7.46. The summed E-state index contributed by atoms with van der Waals surface area (Å²) in [6, 6.07) is 23.2. The Morgan fingerprint density at radius 3 is 1.03 bits per heavy atom. The van der Waals surface area contributed by atoms with Crippen molar-refractivity contribution in [3.63, 3.8) is 0 Å². The summed E-state index contributed by atoms with van der Waals surface area (Å²) >= 11 is 0. The number of halogens is 20. The van der Waals surface area contributed by atoms with Gasteiger partial charge in [-0.15, -0.1) is 21.9 Å². The maximum absolute atomic E-state index is 15.4. The molecular weight excluding hydrogens is 951 g/mol. The molecule has 0 aliphatic heterocycles. The Balaban J connectivity index is 0.000000279. The van der Waals surface area contributed by atoms with Crippen molar-refractivity contribution in [2.24, 2.45) is 0 Å². The summed E-state index contributed by atoms with van der Waals surface area (Å²) in [4.78, 5) is 12.5. The number of hydrogen-bond acceptors (Lipinski definition) is 2. The normalized spacial score (nSPS) is 11.4. The number of fused-ring (bicyclic) bond motifs is 1. The Labute approximate surface area is 360 Å². The SMILES string of the molecule is Fc1c(F)c(F)c([B-](c2c(F)c(F)c(F)c(F)c2F)(c2c(F)c(F)c(F)c(F)c2F)c2c(F)c(F)c(F)c(F)c2F)c(F)c1F.N#CCc1ccc2ccccc2[n+]1CC(=O)c1ccccc1. The predicted molar refractivity (Wildman–Crippen MR) is 193 cm³/mol. The molecular formula is C43H15BF20N2O. The molecule has 0 unspecified atom stereocenters. The van der Waals surface area contributed by atoms with Gasteiger partial charge < -0.3 is 0 Å². The molecule has 0 fully saturated rings. The standard InChI is InChI=1S/C24BF20.C19H15N2O/c26-5-1(6(27)14(35)21(42)13(5)34)25(2-7(28)15(36)22(43)16(37)8(2)29,3-9(30)17(38)23(44)18(39)10(3)31)4-11(32)19(40)24(45)20(41)12(4)33;20-13-12-17-11-10-15-6-4-5-9-18(15)21(17)14-19(22)16-7-2-1-3-8-16/h;1-11H,12,14H2/q-1;+1. The van der Waals surface area contributed by atoms with Crippen molar-refractivity contribution in [2.45, 2.75) is 13.0 Å². The number of carbonyl (C=O) groups excluding carboxylic acids is 1. The van der Waals surface area contributed by atoms with Crippen molar-refractivity contribution in [1.29, 1.82) is 5.26 Å². The first-order chi connectivity index (χ1) is 31.5. The van der Waals surface area contributed by atoms with Gasteiger partial charge in [0.25, 0.3) is 0 Å². The number of nitrogens with zero attached hydrogens (tertiary/aromatic N) is 2. The van der Waals surface area contributed by atoms with Crippen LogP contribution >= 0.6 is 0 Å². The van der Waals surface area contributed by atoms with Gasteiger partial charge >= 0.3 is 0 Å². The van der Waals surface area contributed by atoms with Gasteiger partial charge in [-0.05, 0) is 12.1 Å². The minimum Gasteiger partial charge on any atom is -0.287 e. The van der Waals surface area contributed by atoms with Crippen LogP contribution in [0.5, 0.6) is 0 Å². The number of ketones is 1. The number of Topliss-reactive ketones (excluding diaryl/α,β-unsaturated/α-hetero) is 1.